The van der Waals surface area contributed by atoms with Crippen molar-refractivity contribution in [2.45, 2.75) is 58.5 Å². The Kier molecular flexibility index (Phi) is 7.54. The first-order chi connectivity index (χ1) is 7.88. The molecule has 0 saturated heterocycles. The number of amides is 1. The molecule has 1 unspecified atom stereocenters. The highest BCUT2D eigenvalue weighted by Gasteiger charge is 2.21. The van der Waals surface area contributed by atoms with Gasteiger partial charge in [0.25, 0.3) is 0 Å². The smallest absolute Gasteiger partial charge is 0.326 e. The van der Waals surface area contributed by atoms with E-state index in [4.69, 9.17) is 10.8 Å². The predicted octanol–water partition coefficient (Wildman–Crippen LogP) is 1.12. The molecule has 5 nitrogen and oxygen atoms in total. The van der Waals surface area contributed by atoms with Crippen LogP contribution in [0.5, 0.6) is 0 Å². The molecule has 0 radical (unpaired) electrons. The highest BCUT2D eigenvalue weighted by atomic mass is 16.4. The fraction of sp³-hybridized carbons (Fsp3) is 0.833. The molecule has 0 rings (SSSR count). The summed E-state index contributed by atoms with van der Waals surface area (Å²) >= 11 is 0. The quantitative estimate of drug-likeness (QED) is 0.596. The summed E-state index contributed by atoms with van der Waals surface area (Å²) in [4.78, 5) is 22.5. The summed E-state index contributed by atoms with van der Waals surface area (Å²) < 4.78 is 0. The lowest BCUT2D eigenvalue weighted by atomic mass is 10.0. The number of carboxylic acid groups (broad SMARTS) is 1. The Bertz CT molecular complexity index is 254. The number of rotatable bonds is 8. The summed E-state index contributed by atoms with van der Waals surface area (Å²) in [5.41, 5.74) is 5.76. The third-order valence-corrected chi connectivity index (χ3v) is 2.76. The second-order valence-corrected chi connectivity index (χ2v) is 4.71. The van der Waals surface area contributed by atoms with Gasteiger partial charge in [0, 0.05) is 12.5 Å². The van der Waals surface area contributed by atoms with Crippen LogP contribution in [0.4, 0.5) is 0 Å². The number of carboxylic acids is 1. The molecule has 0 aliphatic heterocycles. The normalized spacial score (nSPS) is 14.4. The second-order valence-electron chi connectivity index (χ2n) is 4.71. The number of hydrogen-bond donors (Lipinski definition) is 3. The van der Waals surface area contributed by atoms with Crippen molar-refractivity contribution >= 4 is 11.9 Å². The van der Waals surface area contributed by atoms with Gasteiger partial charge in [-0.05, 0) is 12.3 Å². The summed E-state index contributed by atoms with van der Waals surface area (Å²) in [6, 6.07) is -1.02. The van der Waals surface area contributed by atoms with E-state index < -0.39 is 12.0 Å². The summed E-state index contributed by atoms with van der Waals surface area (Å²) in [6.07, 6.45) is 2.33. The largest absolute Gasteiger partial charge is 0.480 e. The Morgan fingerprint density at radius 3 is 2.35 bits per heavy atom. The van der Waals surface area contributed by atoms with E-state index in [1.54, 1.807) is 0 Å². The minimum atomic E-state index is -0.982. The summed E-state index contributed by atoms with van der Waals surface area (Å²) in [5, 5.41) is 11.5. The predicted molar refractivity (Wildman–Crippen MR) is 66.5 cm³/mol. The van der Waals surface area contributed by atoms with Gasteiger partial charge in [0.2, 0.25) is 5.91 Å². The fourth-order valence-electron chi connectivity index (χ4n) is 1.37. The zero-order chi connectivity index (χ0) is 13.4. The van der Waals surface area contributed by atoms with E-state index in [0.29, 0.717) is 6.42 Å². The van der Waals surface area contributed by atoms with Gasteiger partial charge in [-0.25, -0.2) is 4.79 Å². The van der Waals surface area contributed by atoms with E-state index in [-0.39, 0.29) is 24.3 Å². The fourth-order valence-corrected chi connectivity index (χ4v) is 1.37. The van der Waals surface area contributed by atoms with E-state index in [2.05, 4.69) is 5.32 Å². The van der Waals surface area contributed by atoms with E-state index in [0.717, 1.165) is 12.8 Å². The number of unbranched alkanes of at least 4 members (excludes halogenated alkanes) is 1. The number of nitrogens with two attached hydrogens (primary N) is 1. The number of aliphatic carboxylic acids is 1. The topological polar surface area (TPSA) is 92.4 Å². The maximum absolute atomic E-state index is 11.6. The van der Waals surface area contributed by atoms with Gasteiger partial charge in [-0.2, -0.15) is 0 Å². The van der Waals surface area contributed by atoms with E-state index in [1.165, 1.54) is 0 Å². The first-order valence-corrected chi connectivity index (χ1v) is 6.16. The average Bonchev–Trinajstić information content (AvgIpc) is 2.23. The minimum Gasteiger partial charge on any atom is -0.480 e. The standard InChI is InChI=1S/C12H24N2O3/c1-4-5-6-10(12(16)17)14-11(15)7-9(13)8(2)3/h8-10H,4-7,13H2,1-3H3,(H,14,15)(H,16,17)/t9?,10-/m0/s1. The van der Waals surface area contributed by atoms with Crippen molar-refractivity contribution in [3.05, 3.63) is 0 Å². The van der Waals surface area contributed by atoms with Crippen LogP contribution in [0.2, 0.25) is 0 Å². The maximum atomic E-state index is 11.6. The van der Waals surface area contributed by atoms with Crippen molar-refractivity contribution in [2.24, 2.45) is 11.7 Å². The number of nitrogens with one attached hydrogen (secondary N) is 1. The first-order valence-electron chi connectivity index (χ1n) is 6.16. The van der Waals surface area contributed by atoms with Crippen LogP contribution in [0.25, 0.3) is 0 Å². The monoisotopic (exact) mass is 244 g/mol. The van der Waals surface area contributed by atoms with Gasteiger partial charge in [-0.1, -0.05) is 33.6 Å². The highest BCUT2D eigenvalue weighted by Crippen LogP contribution is 2.05. The molecule has 0 heterocycles. The lowest BCUT2D eigenvalue weighted by Crippen LogP contribution is -2.43. The Hall–Kier alpha value is -1.10. The molecule has 1 amide bonds. The first kappa shape index (κ1) is 15.9. The Morgan fingerprint density at radius 1 is 1.35 bits per heavy atom. The summed E-state index contributed by atoms with van der Waals surface area (Å²) in [6.45, 7) is 5.85. The van der Waals surface area contributed by atoms with Crippen molar-refractivity contribution in [1.29, 1.82) is 0 Å². The van der Waals surface area contributed by atoms with E-state index >= 15 is 0 Å². The van der Waals surface area contributed by atoms with Gasteiger partial charge in [0.15, 0.2) is 0 Å². The molecular weight excluding hydrogens is 220 g/mol. The van der Waals surface area contributed by atoms with Gasteiger partial charge < -0.3 is 16.2 Å². The number of carbonyl (C=O) groups excluding carboxylic acids is 1. The van der Waals surface area contributed by atoms with E-state index in [1.807, 2.05) is 20.8 Å². The van der Waals surface area contributed by atoms with Gasteiger partial charge in [0.1, 0.15) is 6.04 Å². The third kappa shape index (κ3) is 6.94. The average molecular weight is 244 g/mol. The molecule has 5 heteroatoms. The zero-order valence-electron chi connectivity index (χ0n) is 10.9. The molecular formula is C12H24N2O3. The molecule has 0 aromatic rings. The number of carbonyl (C=O) groups is 2. The van der Waals surface area contributed by atoms with Crippen molar-refractivity contribution in [3.8, 4) is 0 Å². The summed E-state index contributed by atoms with van der Waals surface area (Å²) in [5.74, 6) is -1.06. The highest BCUT2D eigenvalue weighted by molar-refractivity contribution is 5.83. The second kappa shape index (κ2) is 8.06. The molecule has 2 atom stereocenters. The molecule has 0 aliphatic rings. The molecule has 0 saturated carbocycles. The molecule has 4 N–H and O–H groups in total. The van der Waals surface area contributed by atoms with Gasteiger partial charge in [-0.3, -0.25) is 4.79 Å². The molecule has 0 aromatic heterocycles. The maximum Gasteiger partial charge on any atom is 0.326 e. The van der Waals surface area contributed by atoms with Gasteiger partial charge >= 0.3 is 5.97 Å². The van der Waals surface area contributed by atoms with Crippen LogP contribution in [0.1, 0.15) is 46.5 Å². The minimum absolute atomic E-state index is 0.174. The van der Waals surface area contributed by atoms with Crippen molar-refractivity contribution in [2.75, 3.05) is 0 Å². The summed E-state index contributed by atoms with van der Waals surface area (Å²) in [7, 11) is 0. The van der Waals surface area contributed by atoms with Crippen LogP contribution in [0.15, 0.2) is 0 Å². The van der Waals surface area contributed by atoms with Crippen LogP contribution in [-0.4, -0.2) is 29.1 Å². The van der Waals surface area contributed by atoms with Crippen LogP contribution in [0.3, 0.4) is 0 Å². The van der Waals surface area contributed by atoms with Crippen LogP contribution >= 0.6 is 0 Å². The van der Waals surface area contributed by atoms with Gasteiger partial charge in [-0.15, -0.1) is 0 Å². The molecule has 0 spiro atoms. The molecule has 0 aromatic carbocycles. The van der Waals surface area contributed by atoms with E-state index in [9.17, 15) is 9.59 Å². The van der Waals surface area contributed by atoms with Crippen LogP contribution in [-0.2, 0) is 9.59 Å². The zero-order valence-corrected chi connectivity index (χ0v) is 10.9. The van der Waals surface area contributed by atoms with Crippen molar-refractivity contribution < 1.29 is 14.7 Å². The number of hydrogen-bond acceptors (Lipinski definition) is 3. The van der Waals surface area contributed by atoms with Gasteiger partial charge in [0.05, 0.1) is 0 Å². The molecule has 100 valence electrons. The third-order valence-electron chi connectivity index (χ3n) is 2.76. The molecule has 17 heavy (non-hydrogen) atoms. The van der Waals surface area contributed by atoms with Crippen molar-refractivity contribution in [1.82, 2.24) is 5.32 Å². The van der Waals surface area contributed by atoms with Crippen LogP contribution < -0.4 is 11.1 Å². The molecule has 0 aliphatic carbocycles. The molecule has 0 fully saturated rings. The SMILES string of the molecule is CCCC[C@H](NC(=O)CC(N)C(C)C)C(=O)O. The van der Waals surface area contributed by atoms with Crippen molar-refractivity contribution in [3.63, 3.8) is 0 Å². The lowest BCUT2D eigenvalue weighted by molar-refractivity contribution is -0.142. The lowest BCUT2D eigenvalue weighted by Gasteiger charge is -2.18. The Balaban J connectivity index is 4.16. The Labute approximate surface area is 103 Å². The Morgan fingerprint density at radius 2 is 1.94 bits per heavy atom. The van der Waals surface area contributed by atoms with Crippen LogP contribution in [0, 0.1) is 5.92 Å². The molecule has 0 bridgehead atoms.